The minimum absolute atomic E-state index is 0.526. The molecular formula is C17H24N4. The van der Waals surface area contributed by atoms with Crippen LogP contribution < -0.4 is 10.6 Å². The molecule has 1 saturated heterocycles. The Bertz CT molecular complexity index is 624. The Balaban J connectivity index is 1.90. The van der Waals surface area contributed by atoms with Gasteiger partial charge in [-0.05, 0) is 36.5 Å². The molecule has 4 heteroatoms. The predicted molar refractivity (Wildman–Crippen MR) is 88.4 cm³/mol. The molecule has 1 fully saturated rings. The Morgan fingerprint density at radius 1 is 1.14 bits per heavy atom. The summed E-state index contributed by atoms with van der Waals surface area (Å²) in [5.74, 6) is 1.04. The molecule has 1 aliphatic rings. The van der Waals surface area contributed by atoms with Gasteiger partial charge in [0.1, 0.15) is 12.1 Å². The van der Waals surface area contributed by atoms with Crippen LogP contribution in [-0.2, 0) is 0 Å². The van der Waals surface area contributed by atoms with Gasteiger partial charge in [0.05, 0.1) is 5.52 Å². The zero-order valence-electron chi connectivity index (χ0n) is 13.0. The van der Waals surface area contributed by atoms with Crippen LogP contribution in [-0.4, -0.2) is 23.1 Å². The van der Waals surface area contributed by atoms with Crippen LogP contribution in [0.3, 0.4) is 0 Å². The van der Waals surface area contributed by atoms with E-state index in [1.807, 2.05) is 18.2 Å². The summed E-state index contributed by atoms with van der Waals surface area (Å²) in [4.78, 5) is 11.3. The molecule has 112 valence electrons. The van der Waals surface area contributed by atoms with Crippen LogP contribution >= 0.6 is 0 Å². The van der Waals surface area contributed by atoms with Gasteiger partial charge in [-0.1, -0.05) is 26.7 Å². The maximum absolute atomic E-state index is 5.93. The van der Waals surface area contributed by atoms with Gasteiger partial charge >= 0.3 is 0 Å². The second-order valence-electron chi connectivity index (χ2n) is 6.17. The quantitative estimate of drug-likeness (QED) is 0.875. The fourth-order valence-electron chi connectivity index (χ4n) is 3.46. The fraction of sp³-hybridized carbons (Fsp3) is 0.529. The third-order valence-corrected chi connectivity index (χ3v) is 5.26. The molecule has 2 aromatic rings. The first kappa shape index (κ1) is 14.1. The Morgan fingerprint density at radius 3 is 2.52 bits per heavy atom. The Kier molecular flexibility index (Phi) is 3.70. The molecule has 21 heavy (non-hydrogen) atoms. The highest BCUT2D eigenvalue weighted by Gasteiger charge is 2.32. The van der Waals surface area contributed by atoms with E-state index < -0.39 is 0 Å². The molecule has 1 aliphatic heterocycles. The SMILES string of the molecule is CCC1(CC)CCN(c2ncnc3ccc(N)cc23)CC1. The van der Waals surface area contributed by atoms with Gasteiger partial charge < -0.3 is 10.6 Å². The number of nitrogens with zero attached hydrogens (tertiary/aromatic N) is 3. The minimum atomic E-state index is 0.526. The van der Waals surface area contributed by atoms with Crippen molar-refractivity contribution < 1.29 is 0 Å². The van der Waals surface area contributed by atoms with Crippen molar-refractivity contribution in [2.45, 2.75) is 39.5 Å². The van der Waals surface area contributed by atoms with Gasteiger partial charge in [-0.15, -0.1) is 0 Å². The Morgan fingerprint density at radius 2 is 1.86 bits per heavy atom. The lowest BCUT2D eigenvalue weighted by Gasteiger charge is -2.41. The lowest BCUT2D eigenvalue weighted by atomic mass is 9.74. The van der Waals surface area contributed by atoms with E-state index in [1.54, 1.807) is 6.33 Å². The first-order chi connectivity index (χ1) is 10.2. The molecule has 2 heterocycles. The predicted octanol–water partition coefficient (Wildman–Crippen LogP) is 3.62. The Hall–Kier alpha value is -1.84. The van der Waals surface area contributed by atoms with Gasteiger partial charge in [0, 0.05) is 24.2 Å². The lowest BCUT2D eigenvalue weighted by Crippen LogP contribution is -2.40. The number of hydrogen-bond donors (Lipinski definition) is 1. The highest BCUT2D eigenvalue weighted by molar-refractivity contribution is 5.91. The molecule has 1 aromatic heterocycles. The number of rotatable bonds is 3. The van der Waals surface area contributed by atoms with Crippen molar-refractivity contribution in [3.05, 3.63) is 24.5 Å². The topological polar surface area (TPSA) is 55.0 Å². The van der Waals surface area contributed by atoms with Gasteiger partial charge in [-0.3, -0.25) is 0 Å². The third kappa shape index (κ3) is 2.55. The molecule has 0 spiro atoms. The van der Waals surface area contributed by atoms with E-state index >= 15 is 0 Å². The van der Waals surface area contributed by atoms with Crippen molar-refractivity contribution in [2.24, 2.45) is 5.41 Å². The average molecular weight is 284 g/mol. The van der Waals surface area contributed by atoms with E-state index in [4.69, 9.17) is 5.73 Å². The van der Waals surface area contributed by atoms with E-state index in [-0.39, 0.29) is 0 Å². The highest BCUT2D eigenvalue weighted by atomic mass is 15.2. The lowest BCUT2D eigenvalue weighted by molar-refractivity contribution is 0.199. The van der Waals surface area contributed by atoms with Crippen molar-refractivity contribution in [1.82, 2.24) is 9.97 Å². The summed E-state index contributed by atoms with van der Waals surface area (Å²) >= 11 is 0. The van der Waals surface area contributed by atoms with Gasteiger partial charge in [-0.2, -0.15) is 0 Å². The largest absolute Gasteiger partial charge is 0.399 e. The highest BCUT2D eigenvalue weighted by Crippen LogP contribution is 2.39. The molecule has 0 amide bonds. The molecule has 0 bridgehead atoms. The van der Waals surface area contributed by atoms with Crippen LogP contribution in [0.5, 0.6) is 0 Å². The second-order valence-corrected chi connectivity index (χ2v) is 6.17. The monoisotopic (exact) mass is 284 g/mol. The molecular weight excluding hydrogens is 260 g/mol. The summed E-state index contributed by atoms with van der Waals surface area (Å²) < 4.78 is 0. The van der Waals surface area contributed by atoms with Crippen molar-refractivity contribution in [3.63, 3.8) is 0 Å². The summed E-state index contributed by atoms with van der Waals surface area (Å²) in [6.07, 6.45) is 6.70. The van der Waals surface area contributed by atoms with Crippen LogP contribution in [0.2, 0.25) is 0 Å². The van der Waals surface area contributed by atoms with Crippen molar-refractivity contribution in [3.8, 4) is 0 Å². The van der Waals surface area contributed by atoms with E-state index in [1.165, 1.54) is 25.7 Å². The zero-order chi connectivity index (χ0) is 14.9. The van der Waals surface area contributed by atoms with E-state index in [0.717, 1.165) is 35.5 Å². The van der Waals surface area contributed by atoms with E-state index in [9.17, 15) is 0 Å². The number of piperidine rings is 1. The first-order valence-electron chi connectivity index (χ1n) is 7.92. The summed E-state index contributed by atoms with van der Waals surface area (Å²) in [5.41, 5.74) is 8.20. The average Bonchev–Trinajstić information content (AvgIpc) is 2.54. The standard InChI is InChI=1S/C17H24N4/c1-3-17(4-2)7-9-21(10-8-17)16-14-11-13(18)5-6-15(14)19-12-20-16/h5-6,11-12H,3-4,7-10,18H2,1-2H3. The van der Waals surface area contributed by atoms with Crippen molar-refractivity contribution in [1.29, 1.82) is 0 Å². The van der Waals surface area contributed by atoms with Crippen LogP contribution in [0.25, 0.3) is 10.9 Å². The van der Waals surface area contributed by atoms with Gasteiger partial charge in [-0.25, -0.2) is 9.97 Å². The smallest absolute Gasteiger partial charge is 0.139 e. The van der Waals surface area contributed by atoms with E-state index in [0.29, 0.717) is 5.41 Å². The van der Waals surface area contributed by atoms with Crippen molar-refractivity contribution in [2.75, 3.05) is 23.7 Å². The summed E-state index contributed by atoms with van der Waals surface area (Å²) in [5, 5.41) is 1.07. The molecule has 0 atom stereocenters. The molecule has 1 aromatic carbocycles. The molecule has 0 aliphatic carbocycles. The number of nitrogens with two attached hydrogens (primary N) is 1. The molecule has 3 rings (SSSR count). The summed E-state index contributed by atoms with van der Waals surface area (Å²) in [7, 11) is 0. The number of aromatic nitrogens is 2. The molecule has 0 radical (unpaired) electrons. The molecule has 4 nitrogen and oxygen atoms in total. The number of benzene rings is 1. The Labute approximate surface area is 126 Å². The van der Waals surface area contributed by atoms with Crippen LogP contribution in [0.1, 0.15) is 39.5 Å². The fourth-order valence-corrected chi connectivity index (χ4v) is 3.46. The summed E-state index contributed by atoms with van der Waals surface area (Å²) in [6, 6.07) is 5.86. The molecule has 0 saturated carbocycles. The normalized spacial score (nSPS) is 18.1. The van der Waals surface area contributed by atoms with Crippen LogP contribution in [0.4, 0.5) is 11.5 Å². The van der Waals surface area contributed by atoms with Crippen molar-refractivity contribution >= 4 is 22.4 Å². The van der Waals surface area contributed by atoms with E-state index in [2.05, 4.69) is 28.7 Å². The number of anilines is 2. The first-order valence-corrected chi connectivity index (χ1v) is 7.92. The molecule has 2 N–H and O–H groups in total. The van der Waals surface area contributed by atoms with Gasteiger partial charge in [0.15, 0.2) is 0 Å². The van der Waals surface area contributed by atoms with Crippen LogP contribution in [0, 0.1) is 5.41 Å². The maximum atomic E-state index is 5.93. The van der Waals surface area contributed by atoms with Crippen LogP contribution in [0.15, 0.2) is 24.5 Å². The molecule has 0 unspecified atom stereocenters. The minimum Gasteiger partial charge on any atom is -0.399 e. The third-order valence-electron chi connectivity index (χ3n) is 5.26. The van der Waals surface area contributed by atoms with Gasteiger partial charge in [0.2, 0.25) is 0 Å². The van der Waals surface area contributed by atoms with Gasteiger partial charge in [0.25, 0.3) is 0 Å². The zero-order valence-corrected chi connectivity index (χ0v) is 13.0. The number of fused-ring (bicyclic) bond motifs is 1. The second kappa shape index (κ2) is 5.51. The number of nitrogen functional groups attached to an aromatic ring is 1. The summed E-state index contributed by atoms with van der Waals surface area (Å²) in [6.45, 7) is 6.78. The maximum Gasteiger partial charge on any atom is 0.139 e. The number of hydrogen-bond acceptors (Lipinski definition) is 4.